The minimum Gasteiger partial charge on any atom is -0.495 e. The van der Waals surface area contributed by atoms with Crippen molar-refractivity contribution in [3.8, 4) is 11.8 Å². The van der Waals surface area contributed by atoms with Crippen molar-refractivity contribution in [1.82, 2.24) is 5.32 Å². The van der Waals surface area contributed by atoms with E-state index in [0.717, 1.165) is 19.3 Å². The molecule has 1 aromatic rings. The Bertz CT molecular complexity index is 516. The lowest BCUT2D eigenvalue weighted by atomic mass is 9.83. The summed E-state index contributed by atoms with van der Waals surface area (Å²) in [6.45, 7) is 0. The zero-order valence-corrected chi connectivity index (χ0v) is 11.6. The first-order valence-electron chi connectivity index (χ1n) is 6.82. The molecule has 1 aromatic carbocycles. The summed E-state index contributed by atoms with van der Waals surface area (Å²) in [6.07, 6.45) is 4.50. The molecule has 106 valence electrons. The molecule has 2 rings (SSSR count). The molecule has 0 aromatic heterocycles. The summed E-state index contributed by atoms with van der Waals surface area (Å²) >= 11 is 0. The molecule has 0 aliphatic heterocycles. The molecule has 2 N–H and O–H groups in total. The summed E-state index contributed by atoms with van der Waals surface area (Å²) in [5.74, 6) is 0.595. The monoisotopic (exact) mass is 273 g/mol. The van der Waals surface area contributed by atoms with Gasteiger partial charge in [0.05, 0.1) is 18.9 Å². The van der Waals surface area contributed by atoms with Gasteiger partial charge in [-0.25, -0.2) is 4.79 Å². The van der Waals surface area contributed by atoms with Crippen molar-refractivity contribution in [2.24, 2.45) is 0 Å². The molecular weight excluding hydrogens is 254 g/mol. The molecule has 20 heavy (non-hydrogen) atoms. The molecule has 0 radical (unpaired) electrons. The van der Waals surface area contributed by atoms with Crippen LogP contribution in [0.3, 0.4) is 0 Å². The fraction of sp³-hybridized carbons (Fsp3) is 0.467. The first-order valence-corrected chi connectivity index (χ1v) is 6.82. The lowest BCUT2D eigenvalue weighted by molar-refractivity contribution is 0.233. The van der Waals surface area contributed by atoms with Gasteiger partial charge in [-0.1, -0.05) is 31.4 Å². The van der Waals surface area contributed by atoms with E-state index >= 15 is 0 Å². The predicted molar refractivity (Wildman–Crippen MR) is 76.6 cm³/mol. The Balaban J connectivity index is 2.03. The number of amides is 2. The van der Waals surface area contributed by atoms with Gasteiger partial charge in [-0.3, -0.25) is 0 Å². The van der Waals surface area contributed by atoms with Crippen LogP contribution < -0.4 is 15.4 Å². The SMILES string of the molecule is COc1ccccc1NC(=O)NC1(C#N)CCCCC1. The number of methoxy groups -OCH3 is 1. The second-order valence-corrected chi connectivity index (χ2v) is 5.03. The lowest BCUT2D eigenvalue weighted by Crippen LogP contribution is -2.50. The number of hydrogen-bond acceptors (Lipinski definition) is 3. The maximum atomic E-state index is 12.1. The van der Waals surface area contributed by atoms with Crippen LogP contribution in [0, 0.1) is 11.3 Å². The number of hydrogen-bond donors (Lipinski definition) is 2. The van der Waals surface area contributed by atoms with Crippen LogP contribution in [0.2, 0.25) is 0 Å². The quantitative estimate of drug-likeness (QED) is 0.888. The van der Waals surface area contributed by atoms with E-state index in [9.17, 15) is 10.1 Å². The summed E-state index contributed by atoms with van der Waals surface area (Å²) in [4.78, 5) is 12.1. The molecule has 1 aliphatic carbocycles. The summed E-state index contributed by atoms with van der Waals surface area (Å²) in [6, 6.07) is 9.08. The minimum absolute atomic E-state index is 0.363. The van der Waals surface area contributed by atoms with Gasteiger partial charge in [-0.05, 0) is 25.0 Å². The number of anilines is 1. The fourth-order valence-electron chi connectivity index (χ4n) is 2.54. The summed E-state index contributed by atoms with van der Waals surface area (Å²) < 4.78 is 5.18. The number of para-hydroxylation sites is 2. The zero-order valence-electron chi connectivity index (χ0n) is 11.6. The molecule has 0 bridgehead atoms. The maximum Gasteiger partial charge on any atom is 0.320 e. The molecule has 0 saturated heterocycles. The number of rotatable bonds is 3. The molecule has 0 unspecified atom stereocenters. The van der Waals surface area contributed by atoms with Gasteiger partial charge in [0.15, 0.2) is 0 Å². The second kappa shape index (κ2) is 6.29. The molecule has 5 nitrogen and oxygen atoms in total. The van der Waals surface area contributed by atoms with Crippen LogP contribution in [-0.2, 0) is 0 Å². The van der Waals surface area contributed by atoms with Crippen LogP contribution in [0.5, 0.6) is 5.75 Å². The Hall–Kier alpha value is -2.22. The van der Waals surface area contributed by atoms with E-state index in [1.54, 1.807) is 19.2 Å². The van der Waals surface area contributed by atoms with Crippen LogP contribution in [0.25, 0.3) is 0 Å². The van der Waals surface area contributed by atoms with Gasteiger partial charge < -0.3 is 15.4 Å². The summed E-state index contributed by atoms with van der Waals surface area (Å²) in [7, 11) is 1.55. The highest BCUT2D eigenvalue weighted by Crippen LogP contribution is 2.28. The normalized spacial score (nSPS) is 16.8. The first kappa shape index (κ1) is 14.2. The van der Waals surface area contributed by atoms with Gasteiger partial charge >= 0.3 is 6.03 Å². The summed E-state index contributed by atoms with van der Waals surface area (Å²) in [5, 5.41) is 14.9. The van der Waals surface area contributed by atoms with Crippen LogP contribution >= 0.6 is 0 Å². The van der Waals surface area contributed by atoms with Crippen LogP contribution in [0.4, 0.5) is 10.5 Å². The van der Waals surface area contributed by atoms with Gasteiger partial charge in [-0.15, -0.1) is 0 Å². The van der Waals surface area contributed by atoms with Crippen molar-refractivity contribution in [2.75, 3.05) is 12.4 Å². The van der Waals surface area contributed by atoms with E-state index in [0.29, 0.717) is 24.3 Å². The van der Waals surface area contributed by atoms with Crippen molar-refractivity contribution >= 4 is 11.7 Å². The zero-order chi connectivity index (χ0) is 14.4. The van der Waals surface area contributed by atoms with Crippen molar-refractivity contribution < 1.29 is 9.53 Å². The number of urea groups is 1. The average Bonchev–Trinajstić information content (AvgIpc) is 2.48. The van der Waals surface area contributed by atoms with E-state index in [1.165, 1.54) is 0 Å². The topological polar surface area (TPSA) is 74.2 Å². The standard InChI is InChI=1S/C15H19N3O2/c1-20-13-8-4-3-7-12(13)17-14(19)18-15(11-16)9-5-2-6-10-15/h3-4,7-8H,2,5-6,9-10H2,1H3,(H2,17,18,19). The van der Waals surface area contributed by atoms with Gasteiger partial charge in [0.25, 0.3) is 0 Å². The third-order valence-electron chi connectivity index (χ3n) is 3.63. The number of nitrogens with one attached hydrogen (secondary N) is 2. The number of nitriles is 1. The third-order valence-corrected chi connectivity index (χ3v) is 3.63. The van der Waals surface area contributed by atoms with E-state index in [4.69, 9.17) is 4.74 Å². The van der Waals surface area contributed by atoms with Crippen molar-refractivity contribution in [2.45, 2.75) is 37.6 Å². The van der Waals surface area contributed by atoms with Gasteiger partial charge in [0.2, 0.25) is 0 Å². The first-order chi connectivity index (χ1) is 9.69. The highest BCUT2D eigenvalue weighted by molar-refractivity contribution is 5.91. The Morgan fingerprint density at radius 3 is 2.65 bits per heavy atom. The third kappa shape index (κ3) is 3.21. The van der Waals surface area contributed by atoms with Crippen LogP contribution in [-0.4, -0.2) is 18.7 Å². The van der Waals surface area contributed by atoms with Gasteiger partial charge in [-0.2, -0.15) is 5.26 Å². The minimum atomic E-state index is -0.732. The van der Waals surface area contributed by atoms with Crippen molar-refractivity contribution in [3.05, 3.63) is 24.3 Å². The van der Waals surface area contributed by atoms with Crippen LogP contribution in [0.15, 0.2) is 24.3 Å². The summed E-state index contributed by atoms with van der Waals surface area (Å²) in [5.41, 5.74) is -0.138. The number of carbonyl (C=O) groups excluding carboxylic acids is 1. The van der Waals surface area contributed by atoms with E-state index in [1.807, 2.05) is 12.1 Å². The average molecular weight is 273 g/mol. The molecule has 5 heteroatoms. The highest BCUT2D eigenvalue weighted by Gasteiger charge is 2.33. The molecule has 0 atom stereocenters. The maximum absolute atomic E-state index is 12.1. The van der Waals surface area contributed by atoms with E-state index in [2.05, 4.69) is 16.7 Å². The number of benzene rings is 1. The Kier molecular flexibility index (Phi) is 4.46. The molecule has 2 amide bonds. The predicted octanol–water partition coefficient (Wildman–Crippen LogP) is 3.04. The molecule has 0 spiro atoms. The Labute approximate surface area is 118 Å². The highest BCUT2D eigenvalue weighted by atomic mass is 16.5. The number of carbonyl (C=O) groups is 1. The molecule has 1 saturated carbocycles. The molecule has 1 aliphatic rings. The molecule has 1 fully saturated rings. The van der Waals surface area contributed by atoms with Gasteiger partial charge in [0, 0.05) is 0 Å². The largest absolute Gasteiger partial charge is 0.495 e. The Morgan fingerprint density at radius 1 is 1.30 bits per heavy atom. The fourth-order valence-corrected chi connectivity index (χ4v) is 2.54. The van der Waals surface area contributed by atoms with Gasteiger partial charge in [0.1, 0.15) is 11.3 Å². The van der Waals surface area contributed by atoms with E-state index in [-0.39, 0.29) is 6.03 Å². The van der Waals surface area contributed by atoms with Crippen molar-refractivity contribution in [3.63, 3.8) is 0 Å². The molecular formula is C15H19N3O2. The number of nitrogens with zero attached hydrogens (tertiary/aromatic N) is 1. The molecule has 0 heterocycles. The van der Waals surface area contributed by atoms with Crippen molar-refractivity contribution in [1.29, 1.82) is 5.26 Å². The second-order valence-electron chi connectivity index (χ2n) is 5.03. The lowest BCUT2D eigenvalue weighted by Gasteiger charge is -2.31. The van der Waals surface area contributed by atoms with E-state index < -0.39 is 5.54 Å². The van der Waals surface area contributed by atoms with Crippen LogP contribution in [0.1, 0.15) is 32.1 Å². The number of ether oxygens (including phenoxy) is 1. The Morgan fingerprint density at radius 2 is 2.00 bits per heavy atom. The smallest absolute Gasteiger partial charge is 0.320 e.